The van der Waals surface area contributed by atoms with Crippen LogP contribution >= 0.6 is 0 Å². The molecule has 0 bridgehead atoms. The zero-order valence-electron chi connectivity index (χ0n) is 15.9. The number of piperidine rings is 1. The highest BCUT2D eigenvalue weighted by Crippen LogP contribution is 2.21. The van der Waals surface area contributed by atoms with Crippen molar-refractivity contribution in [2.24, 2.45) is 0 Å². The summed E-state index contributed by atoms with van der Waals surface area (Å²) >= 11 is 0. The molecule has 1 saturated heterocycles. The lowest BCUT2D eigenvalue weighted by atomic mass is 10.0. The van der Waals surface area contributed by atoms with Crippen LogP contribution in [0.3, 0.4) is 0 Å². The molecule has 3 aromatic carbocycles. The molecule has 4 rings (SSSR count). The fraction of sp³-hybridized carbons (Fsp3) is 0.292. The van der Waals surface area contributed by atoms with E-state index >= 15 is 0 Å². The molecule has 0 spiro atoms. The first kappa shape index (κ1) is 18.5. The summed E-state index contributed by atoms with van der Waals surface area (Å²) in [4.78, 5) is 14.6. The molecule has 0 unspecified atom stereocenters. The number of hydrogen-bond acceptors (Lipinski definition) is 2. The van der Waals surface area contributed by atoms with E-state index in [0.717, 1.165) is 38.0 Å². The quantitative estimate of drug-likeness (QED) is 0.700. The first-order chi connectivity index (χ1) is 13.7. The number of carbonyl (C=O) groups excluding carboxylic acids is 1. The molecule has 4 heteroatoms. The van der Waals surface area contributed by atoms with Crippen molar-refractivity contribution in [1.82, 2.24) is 5.32 Å². The van der Waals surface area contributed by atoms with Gasteiger partial charge in [-0.2, -0.15) is 0 Å². The second kappa shape index (κ2) is 8.42. The molecule has 1 fully saturated rings. The van der Waals surface area contributed by atoms with E-state index in [4.69, 9.17) is 0 Å². The van der Waals surface area contributed by atoms with Crippen LogP contribution in [0.15, 0.2) is 66.7 Å². The fourth-order valence-corrected chi connectivity index (χ4v) is 3.91. The molecule has 144 valence electrons. The minimum absolute atomic E-state index is 0.109. The molecule has 1 aliphatic heterocycles. The lowest BCUT2D eigenvalue weighted by Crippen LogP contribution is -2.44. The lowest BCUT2D eigenvalue weighted by molar-refractivity contribution is -0.121. The number of anilines is 1. The highest BCUT2D eigenvalue weighted by molar-refractivity contribution is 5.83. The van der Waals surface area contributed by atoms with Crippen molar-refractivity contribution in [2.75, 3.05) is 18.0 Å². The smallest absolute Gasteiger partial charge is 0.220 e. The Morgan fingerprint density at radius 3 is 2.54 bits per heavy atom. The van der Waals surface area contributed by atoms with Crippen molar-refractivity contribution in [2.45, 2.75) is 31.7 Å². The first-order valence-corrected chi connectivity index (χ1v) is 9.95. The number of rotatable bonds is 5. The second-order valence-corrected chi connectivity index (χ2v) is 7.49. The van der Waals surface area contributed by atoms with Gasteiger partial charge in [-0.15, -0.1) is 0 Å². The largest absolute Gasteiger partial charge is 0.371 e. The molecule has 0 radical (unpaired) electrons. The van der Waals surface area contributed by atoms with Gasteiger partial charge in [-0.05, 0) is 53.8 Å². The summed E-state index contributed by atoms with van der Waals surface area (Å²) < 4.78 is 13.4. The average Bonchev–Trinajstić information content (AvgIpc) is 2.73. The Labute approximate surface area is 165 Å². The summed E-state index contributed by atoms with van der Waals surface area (Å²) in [6, 6.07) is 21.6. The van der Waals surface area contributed by atoms with Crippen molar-refractivity contribution in [3.05, 3.63) is 78.1 Å². The minimum atomic E-state index is -0.207. The number of benzene rings is 3. The summed E-state index contributed by atoms with van der Waals surface area (Å²) in [5, 5.41) is 5.61. The maximum atomic E-state index is 13.4. The van der Waals surface area contributed by atoms with E-state index in [1.165, 1.54) is 22.4 Å². The molecule has 0 aliphatic carbocycles. The van der Waals surface area contributed by atoms with Gasteiger partial charge in [-0.25, -0.2) is 4.39 Å². The summed E-state index contributed by atoms with van der Waals surface area (Å²) in [5.74, 6) is -0.0982. The Morgan fingerprint density at radius 1 is 0.964 bits per heavy atom. The summed E-state index contributed by atoms with van der Waals surface area (Å²) in [6.07, 6.45) is 3.03. The number of aryl methyl sites for hydroxylation is 1. The topological polar surface area (TPSA) is 32.3 Å². The van der Waals surface area contributed by atoms with Gasteiger partial charge in [0.15, 0.2) is 0 Å². The van der Waals surface area contributed by atoms with E-state index in [2.05, 4.69) is 40.5 Å². The predicted molar refractivity (Wildman–Crippen MR) is 112 cm³/mol. The Kier molecular flexibility index (Phi) is 5.56. The monoisotopic (exact) mass is 376 g/mol. The minimum Gasteiger partial charge on any atom is -0.371 e. The molecule has 0 atom stereocenters. The van der Waals surface area contributed by atoms with E-state index in [0.29, 0.717) is 6.42 Å². The third-order valence-electron chi connectivity index (χ3n) is 5.49. The summed E-state index contributed by atoms with van der Waals surface area (Å²) in [6.45, 7) is 1.66. The molecule has 1 amide bonds. The van der Waals surface area contributed by atoms with Gasteiger partial charge >= 0.3 is 0 Å². The third kappa shape index (κ3) is 4.50. The van der Waals surface area contributed by atoms with Crippen molar-refractivity contribution >= 4 is 22.4 Å². The molecule has 1 aliphatic rings. The fourth-order valence-electron chi connectivity index (χ4n) is 3.91. The van der Waals surface area contributed by atoms with Gasteiger partial charge in [0.05, 0.1) is 0 Å². The van der Waals surface area contributed by atoms with Crippen LogP contribution in [0, 0.1) is 5.82 Å². The van der Waals surface area contributed by atoms with Gasteiger partial charge in [0.2, 0.25) is 5.91 Å². The normalized spacial score (nSPS) is 15.0. The van der Waals surface area contributed by atoms with E-state index in [1.54, 1.807) is 12.1 Å². The van der Waals surface area contributed by atoms with Crippen LogP contribution in [-0.4, -0.2) is 25.0 Å². The van der Waals surface area contributed by atoms with E-state index in [1.807, 2.05) is 18.2 Å². The van der Waals surface area contributed by atoms with Crippen LogP contribution in [0.25, 0.3) is 10.8 Å². The lowest BCUT2D eigenvalue weighted by Gasteiger charge is -2.34. The van der Waals surface area contributed by atoms with Crippen LogP contribution < -0.4 is 10.2 Å². The van der Waals surface area contributed by atoms with Gasteiger partial charge < -0.3 is 10.2 Å². The number of nitrogens with one attached hydrogen (secondary N) is 1. The van der Waals surface area contributed by atoms with Crippen molar-refractivity contribution < 1.29 is 9.18 Å². The Hall–Kier alpha value is -2.88. The first-order valence-electron chi connectivity index (χ1n) is 9.95. The zero-order valence-corrected chi connectivity index (χ0v) is 15.9. The van der Waals surface area contributed by atoms with Crippen molar-refractivity contribution in [3.63, 3.8) is 0 Å². The highest BCUT2D eigenvalue weighted by atomic mass is 19.1. The standard InChI is InChI=1S/C24H25FN2O/c25-21-6-3-7-23(17-21)27-14-12-22(13-15-27)26-24(28)11-9-18-8-10-19-4-1-2-5-20(19)16-18/h1-8,10,16-17,22H,9,11-15H2,(H,26,28). The van der Waals surface area contributed by atoms with Gasteiger partial charge in [-0.1, -0.05) is 48.5 Å². The zero-order chi connectivity index (χ0) is 19.3. The van der Waals surface area contributed by atoms with Gasteiger partial charge in [-0.3, -0.25) is 4.79 Å². The number of nitrogens with zero attached hydrogens (tertiary/aromatic N) is 1. The van der Waals surface area contributed by atoms with Crippen LogP contribution in [0.1, 0.15) is 24.8 Å². The third-order valence-corrected chi connectivity index (χ3v) is 5.49. The Balaban J connectivity index is 1.25. The average molecular weight is 376 g/mol. The molecule has 1 heterocycles. The second-order valence-electron chi connectivity index (χ2n) is 7.49. The summed E-state index contributed by atoms with van der Waals surface area (Å²) in [5.41, 5.74) is 2.11. The Bertz CT molecular complexity index is 963. The van der Waals surface area contributed by atoms with Crippen LogP contribution in [0.5, 0.6) is 0 Å². The number of carbonyl (C=O) groups is 1. The van der Waals surface area contributed by atoms with Crippen molar-refractivity contribution in [1.29, 1.82) is 0 Å². The molecular weight excluding hydrogens is 351 g/mol. The highest BCUT2D eigenvalue weighted by Gasteiger charge is 2.21. The molecule has 1 N–H and O–H groups in total. The van der Waals surface area contributed by atoms with Crippen LogP contribution in [0.4, 0.5) is 10.1 Å². The van der Waals surface area contributed by atoms with E-state index < -0.39 is 0 Å². The van der Waals surface area contributed by atoms with Gasteiger partial charge in [0, 0.05) is 31.2 Å². The maximum absolute atomic E-state index is 13.4. The number of hydrogen-bond donors (Lipinski definition) is 1. The molecule has 0 aromatic heterocycles. The van der Waals surface area contributed by atoms with E-state index in [-0.39, 0.29) is 17.8 Å². The number of halogens is 1. The van der Waals surface area contributed by atoms with Gasteiger partial charge in [0.1, 0.15) is 5.82 Å². The number of fused-ring (bicyclic) bond motifs is 1. The van der Waals surface area contributed by atoms with Crippen molar-refractivity contribution in [3.8, 4) is 0 Å². The molecule has 3 aromatic rings. The Morgan fingerprint density at radius 2 is 1.75 bits per heavy atom. The SMILES string of the molecule is O=C(CCc1ccc2ccccc2c1)NC1CCN(c2cccc(F)c2)CC1. The molecule has 28 heavy (non-hydrogen) atoms. The molecule has 0 saturated carbocycles. The summed E-state index contributed by atoms with van der Waals surface area (Å²) in [7, 11) is 0. The number of amides is 1. The predicted octanol–water partition coefficient (Wildman–Crippen LogP) is 4.70. The van der Waals surface area contributed by atoms with Gasteiger partial charge in [0.25, 0.3) is 0 Å². The van der Waals surface area contributed by atoms with E-state index in [9.17, 15) is 9.18 Å². The molecule has 3 nitrogen and oxygen atoms in total. The van der Waals surface area contributed by atoms with Crippen LogP contribution in [-0.2, 0) is 11.2 Å². The molecular formula is C24H25FN2O. The van der Waals surface area contributed by atoms with Crippen LogP contribution in [0.2, 0.25) is 0 Å². The maximum Gasteiger partial charge on any atom is 0.220 e.